The lowest BCUT2D eigenvalue weighted by molar-refractivity contribution is -0.127. The van der Waals surface area contributed by atoms with Crippen molar-refractivity contribution in [3.8, 4) is 0 Å². The summed E-state index contributed by atoms with van der Waals surface area (Å²) in [5, 5.41) is 7.43. The van der Waals surface area contributed by atoms with Crippen LogP contribution in [0.1, 0.15) is 37.3 Å². The Morgan fingerprint density at radius 2 is 2.08 bits per heavy atom. The Morgan fingerprint density at radius 3 is 2.76 bits per heavy atom. The second-order valence-corrected chi connectivity index (χ2v) is 7.00. The molecule has 0 bridgehead atoms. The number of carbonyl (C=O) groups is 1. The summed E-state index contributed by atoms with van der Waals surface area (Å²) in [6.45, 7) is 1.63. The van der Waals surface area contributed by atoms with Gasteiger partial charge in [-0.25, -0.2) is 4.39 Å². The number of nitrogens with one attached hydrogen (secondary N) is 1. The normalized spacial score (nSPS) is 22.0. The molecule has 2 aliphatic rings. The third-order valence-corrected chi connectivity index (χ3v) is 5.07. The molecule has 2 aromatic rings. The van der Waals surface area contributed by atoms with Crippen LogP contribution in [0.3, 0.4) is 0 Å². The van der Waals surface area contributed by atoms with Gasteiger partial charge in [0.15, 0.2) is 0 Å². The van der Waals surface area contributed by atoms with Crippen molar-refractivity contribution in [2.75, 3.05) is 6.54 Å². The number of rotatable bonds is 6. The standard InChI is InChI=1S/C19H23FN4O/c20-15-6-4-14(5-7-15)18(19(25)22-16-8-9-16)24-12-1-3-17(24)13-23-11-2-10-21-23/h2,4-7,10-11,16-18H,1,3,8-9,12-13H2,(H,22,25)/t17-,18-/m0/s1. The molecule has 1 amide bonds. The van der Waals surface area contributed by atoms with Crippen LogP contribution in [0.25, 0.3) is 0 Å². The predicted octanol–water partition coefficient (Wildman–Crippen LogP) is 2.51. The number of benzene rings is 1. The van der Waals surface area contributed by atoms with Crippen LogP contribution in [0.15, 0.2) is 42.7 Å². The summed E-state index contributed by atoms with van der Waals surface area (Å²) in [6, 6.07) is 8.44. The lowest BCUT2D eigenvalue weighted by Gasteiger charge is -2.32. The minimum absolute atomic E-state index is 0.0291. The van der Waals surface area contributed by atoms with Crippen LogP contribution < -0.4 is 5.32 Å². The van der Waals surface area contributed by atoms with Gasteiger partial charge in [0.25, 0.3) is 0 Å². The van der Waals surface area contributed by atoms with E-state index in [0.717, 1.165) is 44.3 Å². The summed E-state index contributed by atoms with van der Waals surface area (Å²) in [5.41, 5.74) is 0.854. The van der Waals surface area contributed by atoms with Gasteiger partial charge in [-0.15, -0.1) is 0 Å². The minimum Gasteiger partial charge on any atom is -0.352 e. The fourth-order valence-corrected chi connectivity index (χ4v) is 3.66. The first-order valence-corrected chi connectivity index (χ1v) is 9.00. The maximum atomic E-state index is 13.4. The molecule has 132 valence electrons. The Kier molecular flexibility index (Phi) is 4.53. The molecule has 0 unspecified atom stereocenters. The van der Waals surface area contributed by atoms with Crippen molar-refractivity contribution in [3.63, 3.8) is 0 Å². The van der Waals surface area contributed by atoms with Crippen LogP contribution in [-0.4, -0.2) is 39.2 Å². The van der Waals surface area contributed by atoms with Crippen molar-refractivity contribution in [1.82, 2.24) is 20.0 Å². The van der Waals surface area contributed by atoms with Crippen LogP contribution in [0.2, 0.25) is 0 Å². The molecule has 1 aromatic heterocycles. The van der Waals surface area contributed by atoms with Crippen LogP contribution in [-0.2, 0) is 11.3 Å². The van der Waals surface area contributed by atoms with Gasteiger partial charge in [-0.2, -0.15) is 5.10 Å². The third kappa shape index (κ3) is 3.74. The lowest BCUT2D eigenvalue weighted by atomic mass is 10.0. The van der Waals surface area contributed by atoms with Crippen molar-refractivity contribution < 1.29 is 9.18 Å². The first-order chi connectivity index (χ1) is 12.2. The van der Waals surface area contributed by atoms with Gasteiger partial charge in [0.05, 0.1) is 6.54 Å². The first kappa shape index (κ1) is 16.3. The van der Waals surface area contributed by atoms with E-state index >= 15 is 0 Å². The molecule has 25 heavy (non-hydrogen) atoms. The van der Waals surface area contributed by atoms with Gasteiger partial charge >= 0.3 is 0 Å². The van der Waals surface area contributed by atoms with Gasteiger partial charge in [-0.3, -0.25) is 14.4 Å². The van der Waals surface area contributed by atoms with Gasteiger partial charge in [-0.1, -0.05) is 12.1 Å². The van der Waals surface area contributed by atoms with E-state index in [2.05, 4.69) is 15.3 Å². The van der Waals surface area contributed by atoms with Crippen molar-refractivity contribution in [1.29, 1.82) is 0 Å². The molecule has 1 aliphatic carbocycles. The molecule has 1 saturated carbocycles. The second kappa shape index (κ2) is 6.96. The second-order valence-electron chi connectivity index (χ2n) is 7.00. The zero-order chi connectivity index (χ0) is 17.2. The summed E-state index contributed by atoms with van der Waals surface area (Å²) in [7, 11) is 0. The molecule has 2 heterocycles. The van der Waals surface area contributed by atoms with Gasteiger partial charge < -0.3 is 5.32 Å². The molecule has 1 aromatic carbocycles. The fourth-order valence-electron chi connectivity index (χ4n) is 3.66. The summed E-state index contributed by atoms with van der Waals surface area (Å²) >= 11 is 0. The average molecular weight is 342 g/mol. The Labute approximate surface area is 146 Å². The van der Waals surface area contributed by atoms with E-state index in [0.29, 0.717) is 6.04 Å². The molecule has 1 N–H and O–H groups in total. The van der Waals surface area contributed by atoms with E-state index in [1.165, 1.54) is 12.1 Å². The monoisotopic (exact) mass is 342 g/mol. The summed E-state index contributed by atoms with van der Waals surface area (Å²) < 4.78 is 15.3. The molecule has 6 heteroatoms. The number of halogens is 1. The first-order valence-electron chi connectivity index (χ1n) is 9.00. The highest BCUT2D eigenvalue weighted by Crippen LogP contribution is 2.32. The number of hydrogen-bond donors (Lipinski definition) is 1. The molecule has 5 nitrogen and oxygen atoms in total. The van der Waals surface area contributed by atoms with Crippen LogP contribution in [0.5, 0.6) is 0 Å². The van der Waals surface area contributed by atoms with Crippen molar-refractivity contribution in [3.05, 3.63) is 54.1 Å². The molecule has 2 fully saturated rings. The molecule has 1 aliphatic heterocycles. The highest BCUT2D eigenvalue weighted by molar-refractivity contribution is 5.83. The van der Waals surface area contributed by atoms with E-state index in [9.17, 15) is 9.18 Å². The third-order valence-electron chi connectivity index (χ3n) is 5.07. The topological polar surface area (TPSA) is 50.2 Å². The van der Waals surface area contributed by atoms with E-state index in [1.807, 2.05) is 16.9 Å². The number of nitrogens with zero attached hydrogens (tertiary/aromatic N) is 3. The zero-order valence-corrected chi connectivity index (χ0v) is 14.1. The lowest BCUT2D eigenvalue weighted by Crippen LogP contribution is -2.44. The summed E-state index contributed by atoms with van der Waals surface area (Å²) in [6.07, 6.45) is 7.93. The van der Waals surface area contributed by atoms with E-state index in [4.69, 9.17) is 0 Å². The van der Waals surface area contributed by atoms with Crippen molar-refractivity contribution in [2.24, 2.45) is 0 Å². The maximum Gasteiger partial charge on any atom is 0.242 e. The van der Waals surface area contributed by atoms with Crippen molar-refractivity contribution >= 4 is 5.91 Å². The SMILES string of the molecule is O=C(NC1CC1)[C@H](c1ccc(F)cc1)N1CCC[C@H]1Cn1cccn1. The predicted molar refractivity (Wildman–Crippen MR) is 92.3 cm³/mol. The van der Waals surface area contributed by atoms with Crippen LogP contribution in [0, 0.1) is 5.82 Å². The van der Waals surface area contributed by atoms with Crippen molar-refractivity contribution in [2.45, 2.75) is 50.4 Å². The van der Waals surface area contributed by atoms with Gasteiger partial charge in [0.1, 0.15) is 11.9 Å². The number of hydrogen-bond acceptors (Lipinski definition) is 3. The molecule has 0 radical (unpaired) electrons. The zero-order valence-electron chi connectivity index (χ0n) is 14.1. The van der Waals surface area contributed by atoms with Crippen LogP contribution in [0.4, 0.5) is 4.39 Å². The van der Waals surface area contributed by atoms with E-state index in [-0.39, 0.29) is 23.8 Å². The number of likely N-dealkylation sites (tertiary alicyclic amines) is 1. The quantitative estimate of drug-likeness (QED) is 0.878. The minimum atomic E-state index is -0.371. The highest BCUT2D eigenvalue weighted by atomic mass is 19.1. The largest absolute Gasteiger partial charge is 0.352 e. The van der Waals surface area contributed by atoms with Gasteiger partial charge in [-0.05, 0) is 56.0 Å². The molecular weight excluding hydrogens is 319 g/mol. The van der Waals surface area contributed by atoms with E-state index < -0.39 is 0 Å². The van der Waals surface area contributed by atoms with Gasteiger partial charge in [0, 0.05) is 24.5 Å². The number of carbonyl (C=O) groups excluding carboxylic acids is 1. The Hall–Kier alpha value is -2.21. The fraction of sp³-hybridized carbons (Fsp3) is 0.474. The van der Waals surface area contributed by atoms with Gasteiger partial charge in [0.2, 0.25) is 5.91 Å². The molecular formula is C19H23FN4O. The molecule has 2 atom stereocenters. The Morgan fingerprint density at radius 1 is 1.28 bits per heavy atom. The van der Waals surface area contributed by atoms with Crippen LogP contribution >= 0.6 is 0 Å². The van der Waals surface area contributed by atoms with E-state index in [1.54, 1.807) is 18.3 Å². The average Bonchev–Trinajstić information content (AvgIpc) is 3.08. The molecule has 4 rings (SSSR count). The number of aromatic nitrogens is 2. The molecule has 1 saturated heterocycles. The smallest absolute Gasteiger partial charge is 0.242 e. The highest BCUT2D eigenvalue weighted by Gasteiger charge is 2.37. The number of amides is 1. The Bertz CT molecular complexity index is 712. The summed E-state index contributed by atoms with van der Waals surface area (Å²) in [5.74, 6) is -0.249. The summed E-state index contributed by atoms with van der Waals surface area (Å²) in [4.78, 5) is 15.2. The molecule has 0 spiro atoms. The maximum absolute atomic E-state index is 13.4. The Balaban J connectivity index is 1.59.